The minimum absolute atomic E-state index is 0.0734. The molecule has 1 saturated carbocycles. The van der Waals surface area contributed by atoms with Gasteiger partial charge in [-0.1, -0.05) is 11.6 Å². The molecular weight excluding hydrogens is 261 g/mol. The van der Waals surface area contributed by atoms with Crippen LogP contribution in [-0.4, -0.2) is 17.5 Å². The van der Waals surface area contributed by atoms with Gasteiger partial charge in [0.25, 0.3) is 0 Å². The minimum atomic E-state index is -0.568. The van der Waals surface area contributed by atoms with Crippen LogP contribution in [0.15, 0.2) is 6.07 Å². The standard InChI is InChI=1S/C11H15ClFN3S/c1-17-11(2-3-11)5-16-10-7(15)4-6(14)8(12)9(10)13/h4,16H,2-3,5,14-15H2,1H3. The summed E-state index contributed by atoms with van der Waals surface area (Å²) >= 11 is 7.55. The smallest absolute Gasteiger partial charge is 0.169 e. The molecule has 5 N–H and O–H groups in total. The number of hydrogen-bond donors (Lipinski definition) is 3. The molecule has 0 saturated heterocycles. The first-order chi connectivity index (χ1) is 7.99. The summed E-state index contributed by atoms with van der Waals surface area (Å²) in [6.07, 6.45) is 4.35. The van der Waals surface area contributed by atoms with Crippen LogP contribution in [-0.2, 0) is 0 Å². The van der Waals surface area contributed by atoms with Gasteiger partial charge in [0, 0.05) is 11.3 Å². The van der Waals surface area contributed by atoms with E-state index in [-0.39, 0.29) is 21.1 Å². The van der Waals surface area contributed by atoms with Crippen LogP contribution < -0.4 is 16.8 Å². The molecule has 0 atom stereocenters. The van der Waals surface area contributed by atoms with E-state index in [1.165, 1.54) is 6.07 Å². The minimum Gasteiger partial charge on any atom is -0.397 e. The Morgan fingerprint density at radius 2 is 2.12 bits per heavy atom. The molecule has 0 unspecified atom stereocenters. The van der Waals surface area contributed by atoms with Crippen LogP contribution >= 0.6 is 23.4 Å². The molecule has 1 aliphatic carbocycles. The number of rotatable bonds is 4. The van der Waals surface area contributed by atoms with Gasteiger partial charge in [-0.25, -0.2) is 4.39 Å². The van der Waals surface area contributed by atoms with Crippen molar-refractivity contribution in [2.24, 2.45) is 0 Å². The van der Waals surface area contributed by atoms with E-state index in [1.54, 1.807) is 11.8 Å². The van der Waals surface area contributed by atoms with E-state index in [0.717, 1.165) is 12.8 Å². The fourth-order valence-electron chi connectivity index (χ4n) is 1.69. The van der Waals surface area contributed by atoms with Crippen molar-refractivity contribution in [2.75, 3.05) is 29.6 Å². The van der Waals surface area contributed by atoms with Crippen LogP contribution in [0.4, 0.5) is 21.5 Å². The number of hydrogen-bond acceptors (Lipinski definition) is 4. The van der Waals surface area contributed by atoms with Crippen molar-refractivity contribution in [3.05, 3.63) is 16.9 Å². The van der Waals surface area contributed by atoms with E-state index in [4.69, 9.17) is 23.1 Å². The molecule has 1 fully saturated rings. The van der Waals surface area contributed by atoms with Crippen LogP contribution in [0.25, 0.3) is 0 Å². The summed E-state index contributed by atoms with van der Waals surface area (Å²) < 4.78 is 14.1. The van der Waals surface area contributed by atoms with Gasteiger partial charge in [-0.15, -0.1) is 0 Å². The van der Waals surface area contributed by atoms with Crippen LogP contribution in [0.3, 0.4) is 0 Å². The summed E-state index contributed by atoms with van der Waals surface area (Å²) in [5, 5.41) is 2.97. The molecule has 0 spiro atoms. The molecule has 1 aromatic rings. The largest absolute Gasteiger partial charge is 0.397 e. The Kier molecular flexibility index (Phi) is 3.32. The van der Waals surface area contributed by atoms with Crippen molar-refractivity contribution >= 4 is 40.4 Å². The van der Waals surface area contributed by atoms with Crippen molar-refractivity contribution in [3.8, 4) is 0 Å². The number of nitrogens with two attached hydrogens (primary N) is 2. The normalized spacial score (nSPS) is 16.9. The Morgan fingerprint density at radius 1 is 1.47 bits per heavy atom. The lowest BCUT2D eigenvalue weighted by molar-refractivity contribution is 0.631. The molecule has 94 valence electrons. The van der Waals surface area contributed by atoms with Gasteiger partial charge in [-0.05, 0) is 25.2 Å². The summed E-state index contributed by atoms with van der Waals surface area (Å²) in [7, 11) is 0. The van der Waals surface area contributed by atoms with Crippen molar-refractivity contribution in [3.63, 3.8) is 0 Å². The van der Waals surface area contributed by atoms with Crippen molar-refractivity contribution in [1.82, 2.24) is 0 Å². The molecule has 1 aromatic carbocycles. The Morgan fingerprint density at radius 3 is 2.65 bits per heavy atom. The zero-order valence-electron chi connectivity index (χ0n) is 9.52. The Hall–Kier alpha value is -0.810. The number of anilines is 3. The molecule has 3 nitrogen and oxygen atoms in total. The highest BCUT2D eigenvalue weighted by Crippen LogP contribution is 2.47. The predicted octanol–water partition coefficient (Wildman–Crippen LogP) is 2.95. The molecule has 0 bridgehead atoms. The van der Waals surface area contributed by atoms with Gasteiger partial charge >= 0.3 is 0 Å². The van der Waals surface area contributed by atoms with Crippen LogP contribution in [0.1, 0.15) is 12.8 Å². The Balaban J connectivity index is 2.18. The maximum absolute atomic E-state index is 13.9. The molecule has 2 rings (SSSR count). The SMILES string of the molecule is CSC1(CNc2c(N)cc(N)c(Cl)c2F)CC1. The maximum Gasteiger partial charge on any atom is 0.169 e. The van der Waals surface area contributed by atoms with E-state index >= 15 is 0 Å². The zero-order chi connectivity index (χ0) is 12.6. The van der Waals surface area contributed by atoms with Gasteiger partial charge in [0.1, 0.15) is 5.02 Å². The summed E-state index contributed by atoms with van der Waals surface area (Å²) in [5.41, 5.74) is 12.0. The highest BCUT2D eigenvalue weighted by molar-refractivity contribution is 8.00. The lowest BCUT2D eigenvalue weighted by atomic mass is 10.2. The van der Waals surface area contributed by atoms with Gasteiger partial charge in [0.15, 0.2) is 5.82 Å². The highest BCUT2D eigenvalue weighted by Gasteiger charge is 2.41. The average Bonchev–Trinajstić information content (AvgIpc) is 3.07. The first-order valence-electron chi connectivity index (χ1n) is 5.31. The van der Waals surface area contributed by atoms with Gasteiger partial charge in [0.2, 0.25) is 0 Å². The average molecular weight is 276 g/mol. The molecule has 0 aromatic heterocycles. The summed E-state index contributed by atoms with van der Waals surface area (Å²) in [4.78, 5) is 0. The Labute approximate surface area is 109 Å². The van der Waals surface area contributed by atoms with Gasteiger partial charge in [-0.2, -0.15) is 11.8 Å². The third-order valence-electron chi connectivity index (χ3n) is 3.09. The first-order valence-corrected chi connectivity index (χ1v) is 6.91. The van der Waals surface area contributed by atoms with Crippen molar-refractivity contribution in [1.29, 1.82) is 0 Å². The molecule has 0 heterocycles. The second kappa shape index (κ2) is 4.46. The van der Waals surface area contributed by atoms with Crippen LogP contribution in [0.2, 0.25) is 5.02 Å². The third-order valence-corrected chi connectivity index (χ3v) is 4.90. The number of halogens is 2. The number of thioether (sulfide) groups is 1. The molecule has 0 aliphatic heterocycles. The fraction of sp³-hybridized carbons (Fsp3) is 0.455. The molecule has 1 aliphatic rings. The van der Waals surface area contributed by atoms with Crippen molar-refractivity contribution < 1.29 is 4.39 Å². The summed E-state index contributed by atoms with van der Waals surface area (Å²) in [6, 6.07) is 1.48. The van der Waals surface area contributed by atoms with E-state index in [1.807, 2.05) is 0 Å². The Bertz CT molecular complexity index is 449. The van der Waals surface area contributed by atoms with Crippen LogP contribution in [0.5, 0.6) is 0 Å². The maximum atomic E-state index is 13.9. The number of nitrogen functional groups attached to an aromatic ring is 2. The summed E-state index contributed by atoms with van der Waals surface area (Å²) in [6.45, 7) is 0.690. The topological polar surface area (TPSA) is 64.1 Å². The zero-order valence-corrected chi connectivity index (χ0v) is 11.1. The quantitative estimate of drug-likeness (QED) is 0.739. The predicted molar refractivity (Wildman–Crippen MR) is 74.2 cm³/mol. The van der Waals surface area contributed by atoms with Gasteiger partial charge in [-0.3, -0.25) is 0 Å². The fourth-order valence-corrected chi connectivity index (χ4v) is 2.56. The molecule has 6 heteroatoms. The van der Waals surface area contributed by atoms with E-state index < -0.39 is 5.82 Å². The highest BCUT2D eigenvalue weighted by atomic mass is 35.5. The lowest BCUT2D eigenvalue weighted by Gasteiger charge is -2.17. The number of nitrogens with one attached hydrogen (secondary N) is 1. The van der Waals surface area contributed by atoms with Crippen molar-refractivity contribution in [2.45, 2.75) is 17.6 Å². The second-order valence-corrected chi connectivity index (χ2v) is 5.95. The molecular formula is C11H15ClFN3S. The second-order valence-electron chi connectivity index (χ2n) is 4.30. The van der Waals surface area contributed by atoms with Crippen LogP contribution in [0, 0.1) is 5.82 Å². The number of benzene rings is 1. The summed E-state index contributed by atoms with van der Waals surface area (Å²) in [5.74, 6) is -0.568. The third kappa shape index (κ3) is 2.40. The molecule has 0 amide bonds. The molecule has 17 heavy (non-hydrogen) atoms. The monoisotopic (exact) mass is 275 g/mol. The van der Waals surface area contributed by atoms with Gasteiger partial charge < -0.3 is 16.8 Å². The molecule has 0 radical (unpaired) electrons. The first kappa shape index (κ1) is 12.6. The van der Waals surface area contributed by atoms with E-state index in [0.29, 0.717) is 12.2 Å². The van der Waals surface area contributed by atoms with E-state index in [9.17, 15) is 4.39 Å². The lowest BCUT2D eigenvalue weighted by Crippen LogP contribution is -2.19. The van der Waals surface area contributed by atoms with Gasteiger partial charge in [0.05, 0.1) is 17.1 Å². The van der Waals surface area contributed by atoms with E-state index in [2.05, 4.69) is 11.6 Å².